The van der Waals surface area contributed by atoms with Gasteiger partial charge in [-0.3, -0.25) is 14.5 Å². The number of rotatable bonds is 4. The van der Waals surface area contributed by atoms with E-state index in [-0.39, 0.29) is 24.0 Å². The predicted molar refractivity (Wildman–Crippen MR) is 102 cm³/mol. The maximum atomic E-state index is 12.7. The van der Waals surface area contributed by atoms with Crippen molar-refractivity contribution >= 4 is 50.9 Å². The van der Waals surface area contributed by atoms with Gasteiger partial charge in [-0.05, 0) is 47.7 Å². The molecule has 0 radical (unpaired) electrons. The first-order valence-electron chi connectivity index (χ1n) is 7.98. The molecule has 1 aromatic carbocycles. The summed E-state index contributed by atoms with van der Waals surface area (Å²) in [6.45, 7) is 0.0553. The van der Waals surface area contributed by atoms with Crippen LogP contribution in [0.25, 0.3) is 6.08 Å². The number of esters is 1. The molecule has 1 fully saturated rings. The molecule has 0 bridgehead atoms. The first kappa shape index (κ1) is 18.6. The fourth-order valence-electron chi connectivity index (χ4n) is 2.65. The molecule has 144 valence electrons. The van der Waals surface area contributed by atoms with Gasteiger partial charge in [0.1, 0.15) is 5.76 Å². The lowest BCUT2D eigenvalue weighted by Gasteiger charge is -2.10. The molecule has 0 saturated carbocycles. The zero-order valence-corrected chi connectivity index (χ0v) is 16.8. The molecule has 2 aliphatic rings. The number of methoxy groups -OCH3 is 1. The Morgan fingerprint density at radius 1 is 1.29 bits per heavy atom. The third-order valence-corrected chi connectivity index (χ3v) is 5.61. The number of ether oxygens (including phenoxy) is 3. The van der Waals surface area contributed by atoms with Crippen molar-refractivity contribution in [3.05, 3.63) is 50.7 Å². The van der Waals surface area contributed by atoms with Crippen molar-refractivity contribution in [2.75, 3.05) is 13.9 Å². The van der Waals surface area contributed by atoms with Crippen molar-refractivity contribution < 1.29 is 33.0 Å². The minimum Gasteiger partial charge on any atom is -0.463 e. The second-order valence-electron chi connectivity index (χ2n) is 5.75. The van der Waals surface area contributed by atoms with E-state index in [2.05, 4.69) is 20.7 Å². The van der Waals surface area contributed by atoms with Crippen molar-refractivity contribution in [1.29, 1.82) is 0 Å². The van der Waals surface area contributed by atoms with E-state index in [1.54, 1.807) is 18.2 Å². The summed E-state index contributed by atoms with van der Waals surface area (Å²) in [6, 6.07) is 6.43. The first-order chi connectivity index (χ1) is 13.5. The number of thioether (sulfide) groups is 1. The molecule has 3 heterocycles. The Bertz CT molecular complexity index is 1030. The number of furan rings is 1. The van der Waals surface area contributed by atoms with Gasteiger partial charge >= 0.3 is 5.97 Å². The molecule has 0 spiro atoms. The molecule has 0 atom stereocenters. The standard InChI is InChI=1S/C18H12BrNO7S/c1-24-17(22)12-3-2-10(27-12)7-20-16(21)15(28-18(20)23)5-9-4-13-14(6-11(9)19)26-8-25-13/h2-6H,7-8H2,1H3. The van der Waals surface area contributed by atoms with Gasteiger partial charge in [0, 0.05) is 4.47 Å². The van der Waals surface area contributed by atoms with Crippen LogP contribution in [0.1, 0.15) is 21.9 Å². The largest absolute Gasteiger partial charge is 0.463 e. The van der Waals surface area contributed by atoms with Crippen molar-refractivity contribution in [2.45, 2.75) is 6.54 Å². The number of carbonyl (C=O) groups is 3. The maximum Gasteiger partial charge on any atom is 0.373 e. The Morgan fingerprint density at radius 3 is 2.79 bits per heavy atom. The number of fused-ring (bicyclic) bond motifs is 1. The topological polar surface area (TPSA) is 95.3 Å². The lowest BCUT2D eigenvalue weighted by molar-refractivity contribution is -0.123. The second kappa shape index (κ2) is 7.36. The fourth-order valence-corrected chi connectivity index (χ4v) is 3.92. The highest BCUT2D eigenvalue weighted by Crippen LogP contribution is 2.40. The van der Waals surface area contributed by atoms with Crippen LogP contribution in [0, 0.1) is 0 Å². The summed E-state index contributed by atoms with van der Waals surface area (Å²) in [7, 11) is 1.24. The van der Waals surface area contributed by atoms with Crippen LogP contribution in [0.5, 0.6) is 11.5 Å². The van der Waals surface area contributed by atoms with Gasteiger partial charge in [0.25, 0.3) is 11.1 Å². The van der Waals surface area contributed by atoms with Crippen molar-refractivity contribution in [2.24, 2.45) is 0 Å². The third kappa shape index (κ3) is 3.40. The summed E-state index contributed by atoms with van der Waals surface area (Å²) in [6.07, 6.45) is 1.61. The smallest absolute Gasteiger partial charge is 0.373 e. The van der Waals surface area contributed by atoms with Crippen molar-refractivity contribution in [3.63, 3.8) is 0 Å². The highest BCUT2D eigenvalue weighted by atomic mass is 79.9. The van der Waals surface area contributed by atoms with E-state index in [0.717, 1.165) is 16.7 Å². The summed E-state index contributed by atoms with van der Waals surface area (Å²) < 4.78 is 21.3. The summed E-state index contributed by atoms with van der Waals surface area (Å²) in [4.78, 5) is 37.8. The number of imide groups is 1. The SMILES string of the molecule is COC(=O)c1ccc(CN2C(=O)SC(=Cc3cc4c(cc3Br)OCO4)C2=O)o1. The highest BCUT2D eigenvalue weighted by Gasteiger charge is 2.36. The van der Waals surface area contributed by atoms with Crippen LogP contribution in [0.4, 0.5) is 4.79 Å². The third-order valence-electron chi connectivity index (χ3n) is 4.01. The molecule has 2 amide bonds. The normalized spacial score (nSPS) is 16.9. The monoisotopic (exact) mass is 465 g/mol. The molecule has 0 N–H and O–H groups in total. The number of hydrogen-bond donors (Lipinski definition) is 0. The minimum atomic E-state index is -0.632. The van der Waals surface area contributed by atoms with Gasteiger partial charge in [-0.25, -0.2) is 4.79 Å². The van der Waals surface area contributed by atoms with Gasteiger partial charge in [0.15, 0.2) is 11.5 Å². The molecule has 4 rings (SSSR count). The summed E-state index contributed by atoms with van der Waals surface area (Å²) >= 11 is 4.25. The van der Waals surface area contributed by atoms with E-state index in [4.69, 9.17) is 13.9 Å². The molecule has 2 aliphatic heterocycles. The van der Waals surface area contributed by atoms with E-state index in [9.17, 15) is 14.4 Å². The Hall–Kier alpha value is -2.72. The molecule has 28 heavy (non-hydrogen) atoms. The van der Waals surface area contributed by atoms with Crippen LogP contribution in [0.2, 0.25) is 0 Å². The van der Waals surface area contributed by atoms with Gasteiger partial charge in [-0.15, -0.1) is 0 Å². The summed E-state index contributed by atoms with van der Waals surface area (Å²) in [5.74, 6) is 0.400. The molecule has 0 aliphatic carbocycles. The fraction of sp³-hybridized carbons (Fsp3) is 0.167. The first-order valence-corrected chi connectivity index (χ1v) is 9.59. The zero-order chi connectivity index (χ0) is 19.8. The van der Waals surface area contributed by atoms with Gasteiger partial charge in [-0.2, -0.15) is 0 Å². The Balaban J connectivity index is 1.55. The number of benzene rings is 1. The molecular weight excluding hydrogens is 454 g/mol. The number of carbonyl (C=O) groups excluding carboxylic acids is 3. The highest BCUT2D eigenvalue weighted by molar-refractivity contribution is 9.10. The minimum absolute atomic E-state index is 0.00399. The predicted octanol–water partition coefficient (Wildman–Crippen LogP) is 3.79. The molecule has 10 heteroatoms. The van der Waals surface area contributed by atoms with E-state index in [1.807, 2.05) is 0 Å². The second-order valence-corrected chi connectivity index (χ2v) is 7.60. The molecular formula is C18H12BrNO7S. The maximum absolute atomic E-state index is 12.7. The van der Waals surface area contributed by atoms with Crippen molar-refractivity contribution in [1.82, 2.24) is 4.90 Å². The zero-order valence-electron chi connectivity index (χ0n) is 14.4. The van der Waals surface area contributed by atoms with E-state index in [0.29, 0.717) is 27.3 Å². The Kier molecular flexibility index (Phi) is 4.90. The van der Waals surface area contributed by atoms with Crippen LogP contribution in [-0.2, 0) is 16.1 Å². The van der Waals surface area contributed by atoms with Gasteiger partial charge in [-0.1, -0.05) is 15.9 Å². The van der Waals surface area contributed by atoms with Crippen LogP contribution in [0.3, 0.4) is 0 Å². The van der Waals surface area contributed by atoms with Crippen LogP contribution >= 0.6 is 27.7 Å². The van der Waals surface area contributed by atoms with E-state index < -0.39 is 17.1 Å². The van der Waals surface area contributed by atoms with Crippen molar-refractivity contribution in [3.8, 4) is 11.5 Å². The molecule has 2 aromatic rings. The molecule has 8 nitrogen and oxygen atoms in total. The quantitative estimate of drug-likeness (QED) is 0.496. The molecule has 1 aromatic heterocycles. The van der Waals surface area contributed by atoms with Crippen LogP contribution < -0.4 is 9.47 Å². The Morgan fingerprint density at radius 2 is 2.04 bits per heavy atom. The van der Waals surface area contributed by atoms with E-state index in [1.165, 1.54) is 19.2 Å². The van der Waals surface area contributed by atoms with Crippen LogP contribution in [-0.4, -0.2) is 35.9 Å². The number of nitrogens with zero attached hydrogens (tertiary/aromatic N) is 1. The van der Waals surface area contributed by atoms with Gasteiger partial charge < -0.3 is 18.6 Å². The lowest BCUT2D eigenvalue weighted by atomic mass is 10.2. The average Bonchev–Trinajstić information content (AvgIpc) is 3.38. The van der Waals surface area contributed by atoms with E-state index >= 15 is 0 Å². The summed E-state index contributed by atoms with van der Waals surface area (Å²) in [5.41, 5.74) is 0.681. The average molecular weight is 466 g/mol. The van der Waals surface area contributed by atoms with Gasteiger partial charge in [0.05, 0.1) is 18.6 Å². The number of amides is 2. The van der Waals surface area contributed by atoms with Gasteiger partial charge in [0.2, 0.25) is 12.6 Å². The number of hydrogen-bond acceptors (Lipinski definition) is 8. The number of halogens is 1. The molecule has 0 unspecified atom stereocenters. The Labute approximate surface area is 171 Å². The summed E-state index contributed by atoms with van der Waals surface area (Å²) in [5, 5.41) is -0.427. The van der Waals surface area contributed by atoms with Crippen LogP contribution in [0.15, 0.2) is 38.1 Å². The molecule has 1 saturated heterocycles. The lowest BCUT2D eigenvalue weighted by Crippen LogP contribution is -2.27.